The zero-order valence-corrected chi connectivity index (χ0v) is 12.3. The summed E-state index contributed by atoms with van der Waals surface area (Å²) in [6.07, 6.45) is 6.56. The maximum absolute atomic E-state index is 9.91. The van der Waals surface area contributed by atoms with Crippen molar-refractivity contribution < 1.29 is 9.84 Å². The van der Waals surface area contributed by atoms with Crippen LogP contribution in [0.4, 0.5) is 0 Å². The topological polar surface area (TPSA) is 32.7 Å². The summed E-state index contributed by atoms with van der Waals surface area (Å²) in [6.45, 7) is 2.00. The molecule has 3 rings (SSSR count). The van der Waals surface area contributed by atoms with E-state index in [-0.39, 0.29) is 6.10 Å². The van der Waals surface area contributed by atoms with Crippen molar-refractivity contribution in [3.05, 3.63) is 29.3 Å². The van der Waals surface area contributed by atoms with Crippen LogP contribution in [0, 0.1) is 0 Å². The van der Waals surface area contributed by atoms with E-state index in [1.54, 1.807) is 0 Å². The lowest BCUT2D eigenvalue weighted by Crippen LogP contribution is -2.37. The first kappa shape index (κ1) is 13.9. The molecule has 0 radical (unpaired) electrons. The molecule has 1 saturated heterocycles. The zero-order valence-electron chi connectivity index (χ0n) is 12.3. The average molecular weight is 275 g/mol. The fourth-order valence-electron chi connectivity index (χ4n) is 3.55. The molecule has 1 aromatic rings. The van der Waals surface area contributed by atoms with E-state index in [0.717, 1.165) is 37.2 Å². The Labute approximate surface area is 121 Å². The van der Waals surface area contributed by atoms with Gasteiger partial charge in [0.2, 0.25) is 0 Å². The van der Waals surface area contributed by atoms with E-state index in [9.17, 15) is 5.11 Å². The summed E-state index contributed by atoms with van der Waals surface area (Å²) < 4.78 is 6.01. The van der Waals surface area contributed by atoms with E-state index in [4.69, 9.17) is 4.74 Å². The highest BCUT2D eigenvalue weighted by atomic mass is 16.5. The smallest absolute Gasteiger partial charge is 0.122 e. The van der Waals surface area contributed by atoms with Crippen LogP contribution in [-0.2, 0) is 6.42 Å². The Morgan fingerprint density at radius 2 is 2.20 bits per heavy atom. The van der Waals surface area contributed by atoms with Gasteiger partial charge in [-0.15, -0.1) is 0 Å². The quantitative estimate of drug-likeness (QED) is 0.917. The van der Waals surface area contributed by atoms with Gasteiger partial charge in [-0.1, -0.05) is 18.6 Å². The van der Waals surface area contributed by atoms with Crippen LogP contribution in [0.25, 0.3) is 0 Å². The predicted octanol–water partition coefficient (Wildman–Crippen LogP) is 2.92. The second-order valence-electron chi connectivity index (χ2n) is 6.15. The van der Waals surface area contributed by atoms with Gasteiger partial charge in [0.25, 0.3) is 0 Å². The number of fused-ring (bicyclic) bond motifs is 1. The van der Waals surface area contributed by atoms with Crippen LogP contribution in [0.2, 0.25) is 0 Å². The lowest BCUT2D eigenvalue weighted by Gasteiger charge is -2.32. The Balaban J connectivity index is 1.57. The van der Waals surface area contributed by atoms with Gasteiger partial charge in [0.15, 0.2) is 0 Å². The van der Waals surface area contributed by atoms with Crippen LogP contribution < -0.4 is 4.74 Å². The number of hydrogen-bond acceptors (Lipinski definition) is 3. The molecule has 0 spiro atoms. The fraction of sp³-hybridized carbons (Fsp3) is 0.647. The highest BCUT2D eigenvalue weighted by Crippen LogP contribution is 2.36. The molecule has 3 nitrogen and oxygen atoms in total. The van der Waals surface area contributed by atoms with Crippen LogP contribution in [0.3, 0.4) is 0 Å². The molecule has 1 aliphatic heterocycles. The Hall–Kier alpha value is -1.06. The predicted molar refractivity (Wildman–Crippen MR) is 80.1 cm³/mol. The van der Waals surface area contributed by atoms with Crippen molar-refractivity contribution in [2.24, 2.45) is 0 Å². The van der Waals surface area contributed by atoms with Crippen molar-refractivity contribution >= 4 is 0 Å². The number of hydrogen-bond donors (Lipinski definition) is 1. The lowest BCUT2D eigenvalue weighted by atomic mass is 10.0. The summed E-state index contributed by atoms with van der Waals surface area (Å²) >= 11 is 0. The number of aliphatic hydroxyl groups excluding tert-OH is 1. The summed E-state index contributed by atoms with van der Waals surface area (Å²) in [5.41, 5.74) is 2.29. The molecule has 2 unspecified atom stereocenters. The summed E-state index contributed by atoms with van der Waals surface area (Å²) in [5.74, 6) is 0.984. The van der Waals surface area contributed by atoms with Gasteiger partial charge in [-0.25, -0.2) is 0 Å². The SMILES string of the molecule is CN1CCCCC1CCOc1cccc2c1CCC2O. The molecule has 0 saturated carbocycles. The van der Waals surface area contributed by atoms with Crippen molar-refractivity contribution in [3.8, 4) is 5.75 Å². The van der Waals surface area contributed by atoms with Crippen molar-refractivity contribution in [1.29, 1.82) is 0 Å². The second kappa shape index (κ2) is 6.15. The average Bonchev–Trinajstić information content (AvgIpc) is 2.84. The molecule has 1 fully saturated rings. The maximum atomic E-state index is 9.91. The molecule has 0 amide bonds. The largest absolute Gasteiger partial charge is 0.493 e. The number of likely N-dealkylation sites (tertiary alicyclic amines) is 1. The van der Waals surface area contributed by atoms with E-state index >= 15 is 0 Å². The maximum Gasteiger partial charge on any atom is 0.122 e. The van der Waals surface area contributed by atoms with Crippen LogP contribution in [0.1, 0.15) is 49.3 Å². The Bertz CT molecular complexity index is 460. The third kappa shape index (κ3) is 2.84. The third-order valence-corrected chi connectivity index (χ3v) is 4.83. The van der Waals surface area contributed by atoms with Crippen molar-refractivity contribution in [2.45, 2.75) is 50.7 Å². The van der Waals surface area contributed by atoms with Crippen LogP contribution >= 0.6 is 0 Å². The first-order valence-electron chi connectivity index (χ1n) is 7.88. The minimum absolute atomic E-state index is 0.293. The molecule has 0 aromatic heterocycles. The number of benzene rings is 1. The first-order chi connectivity index (χ1) is 9.75. The number of piperidine rings is 1. The van der Waals surface area contributed by atoms with Crippen molar-refractivity contribution in [3.63, 3.8) is 0 Å². The monoisotopic (exact) mass is 275 g/mol. The van der Waals surface area contributed by atoms with Gasteiger partial charge in [0.05, 0.1) is 12.7 Å². The number of aliphatic hydroxyl groups is 1. The Morgan fingerprint density at radius 1 is 1.30 bits per heavy atom. The van der Waals surface area contributed by atoms with E-state index in [1.165, 1.54) is 31.4 Å². The van der Waals surface area contributed by atoms with Gasteiger partial charge in [-0.05, 0) is 57.3 Å². The van der Waals surface area contributed by atoms with Crippen LogP contribution in [0.15, 0.2) is 18.2 Å². The molecule has 2 atom stereocenters. The van der Waals surface area contributed by atoms with Crippen molar-refractivity contribution in [1.82, 2.24) is 4.90 Å². The molecule has 1 N–H and O–H groups in total. The number of rotatable bonds is 4. The molecule has 0 bridgehead atoms. The van der Waals surface area contributed by atoms with E-state index in [1.807, 2.05) is 18.2 Å². The normalized spacial score (nSPS) is 26.5. The molecule has 3 heteroatoms. The summed E-state index contributed by atoms with van der Waals surface area (Å²) in [7, 11) is 2.22. The molecule has 110 valence electrons. The van der Waals surface area contributed by atoms with Gasteiger partial charge in [-0.2, -0.15) is 0 Å². The lowest BCUT2D eigenvalue weighted by molar-refractivity contribution is 0.153. The highest BCUT2D eigenvalue weighted by molar-refractivity contribution is 5.44. The van der Waals surface area contributed by atoms with Crippen molar-refractivity contribution in [2.75, 3.05) is 20.2 Å². The van der Waals surface area contributed by atoms with Gasteiger partial charge >= 0.3 is 0 Å². The molecule has 2 aliphatic rings. The minimum Gasteiger partial charge on any atom is -0.493 e. The van der Waals surface area contributed by atoms with E-state index < -0.39 is 0 Å². The third-order valence-electron chi connectivity index (χ3n) is 4.83. The standard InChI is InChI=1S/C17H25NO2/c1-18-11-3-2-5-13(18)10-12-20-17-7-4-6-14-15(17)8-9-16(14)19/h4,6-7,13,16,19H,2-3,5,8-12H2,1H3. The van der Waals surface area contributed by atoms with Crippen LogP contribution in [-0.4, -0.2) is 36.2 Å². The fourth-order valence-corrected chi connectivity index (χ4v) is 3.55. The number of ether oxygens (including phenoxy) is 1. The molecular weight excluding hydrogens is 250 g/mol. The number of nitrogens with zero attached hydrogens (tertiary/aromatic N) is 1. The van der Waals surface area contributed by atoms with E-state index in [2.05, 4.69) is 11.9 Å². The minimum atomic E-state index is -0.293. The van der Waals surface area contributed by atoms with Crippen LogP contribution in [0.5, 0.6) is 5.75 Å². The molecule has 20 heavy (non-hydrogen) atoms. The summed E-state index contributed by atoms with van der Waals surface area (Å²) in [4.78, 5) is 2.46. The molecular formula is C17H25NO2. The molecule has 1 aromatic carbocycles. The Kier molecular flexibility index (Phi) is 4.27. The first-order valence-corrected chi connectivity index (χ1v) is 7.88. The molecule has 1 heterocycles. The summed E-state index contributed by atoms with van der Waals surface area (Å²) in [6, 6.07) is 6.73. The van der Waals surface area contributed by atoms with Gasteiger partial charge in [0, 0.05) is 11.6 Å². The van der Waals surface area contributed by atoms with Gasteiger partial charge in [-0.3, -0.25) is 0 Å². The summed E-state index contributed by atoms with van der Waals surface area (Å²) in [5, 5.41) is 9.91. The van der Waals surface area contributed by atoms with Gasteiger partial charge in [0.1, 0.15) is 5.75 Å². The van der Waals surface area contributed by atoms with E-state index in [0.29, 0.717) is 6.04 Å². The highest BCUT2D eigenvalue weighted by Gasteiger charge is 2.23. The zero-order chi connectivity index (χ0) is 13.9. The second-order valence-corrected chi connectivity index (χ2v) is 6.15. The Morgan fingerprint density at radius 3 is 3.05 bits per heavy atom. The molecule has 1 aliphatic carbocycles. The van der Waals surface area contributed by atoms with Gasteiger partial charge < -0.3 is 14.7 Å².